The summed E-state index contributed by atoms with van der Waals surface area (Å²) >= 11 is 12.2. The van der Waals surface area contributed by atoms with Gasteiger partial charge in [-0.15, -0.1) is 24.0 Å². The highest BCUT2D eigenvalue weighted by Gasteiger charge is 2.22. The van der Waals surface area contributed by atoms with Crippen LogP contribution in [0.5, 0.6) is 0 Å². The molecule has 0 aromatic carbocycles. The van der Waals surface area contributed by atoms with Crippen LogP contribution in [0.3, 0.4) is 0 Å². The number of hydrogen-bond donors (Lipinski definition) is 3. The summed E-state index contributed by atoms with van der Waals surface area (Å²) in [7, 11) is 1.88. The van der Waals surface area contributed by atoms with Gasteiger partial charge in [0.2, 0.25) is 5.91 Å². The van der Waals surface area contributed by atoms with E-state index in [1.807, 2.05) is 24.6 Å². The zero-order valence-corrected chi connectivity index (χ0v) is 21.1. The van der Waals surface area contributed by atoms with Crippen LogP contribution in [-0.4, -0.2) is 54.1 Å². The van der Waals surface area contributed by atoms with Gasteiger partial charge in [-0.05, 0) is 58.3 Å². The van der Waals surface area contributed by atoms with Gasteiger partial charge in [-0.25, -0.2) is 4.99 Å². The Bertz CT molecular complexity index is 674. The molecule has 0 saturated carbocycles. The molecule has 7 nitrogen and oxygen atoms in total. The quantitative estimate of drug-likeness (QED) is 0.188. The Morgan fingerprint density at radius 3 is 2.52 bits per heavy atom. The van der Waals surface area contributed by atoms with Gasteiger partial charge in [0.15, 0.2) is 5.96 Å². The van der Waals surface area contributed by atoms with E-state index in [4.69, 9.17) is 28.9 Å². The number of piperidine rings is 1. The first kappa shape index (κ1) is 26.3. The molecule has 1 amide bonds. The number of unbranched alkanes of at least 4 members (excludes halogenated alkanes) is 1. The molecule has 29 heavy (non-hydrogen) atoms. The lowest BCUT2D eigenvalue weighted by atomic mass is 9.96. The highest BCUT2D eigenvalue weighted by molar-refractivity contribution is 14.0. The average Bonchev–Trinajstić information content (AvgIpc) is 2.93. The molecule has 1 fully saturated rings. The van der Waals surface area contributed by atoms with Gasteiger partial charge >= 0.3 is 0 Å². The maximum Gasteiger partial charge on any atom is 0.220 e. The predicted molar refractivity (Wildman–Crippen MR) is 131 cm³/mol. The van der Waals surface area contributed by atoms with E-state index >= 15 is 0 Å². The van der Waals surface area contributed by atoms with Gasteiger partial charge in [0.25, 0.3) is 0 Å². The predicted octanol–water partition coefficient (Wildman–Crippen LogP) is 2.98. The van der Waals surface area contributed by atoms with Gasteiger partial charge in [-0.3, -0.25) is 4.79 Å². The molecule has 0 radical (unpaired) electrons. The molecular weight excluding hydrogens is 526 g/mol. The molecule has 0 spiro atoms. The smallest absolute Gasteiger partial charge is 0.220 e. The Morgan fingerprint density at radius 2 is 1.97 bits per heavy atom. The molecule has 2 heterocycles. The van der Waals surface area contributed by atoms with Crippen LogP contribution in [0.4, 0.5) is 0 Å². The molecule has 0 bridgehead atoms. The van der Waals surface area contributed by atoms with Crippen LogP contribution in [0.25, 0.3) is 0 Å². The summed E-state index contributed by atoms with van der Waals surface area (Å²) in [6.07, 6.45) is 3.94. The number of amides is 1. The SMILES string of the molecule is CCNC(=NCc1cc(Cl)c(Cl)n1C)NCCCCN1CCC(C(N)=O)CC1.I. The van der Waals surface area contributed by atoms with Crippen LogP contribution in [0.2, 0.25) is 10.2 Å². The number of nitrogens with one attached hydrogen (secondary N) is 2. The number of aromatic nitrogens is 1. The van der Waals surface area contributed by atoms with E-state index in [1.165, 1.54) is 0 Å². The summed E-state index contributed by atoms with van der Waals surface area (Å²) < 4.78 is 1.85. The molecule has 1 aliphatic rings. The highest BCUT2D eigenvalue weighted by atomic mass is 127. The lowest BCUT2D eigenvalue weighted by molar-refractivity contribution is -0.123. The largest absolute Gasteiger partial charge is 0.369 e. The number of hydrogen-bond acceptors (Lipinski definition) is 3. The first-order valence-corrected chi connectivity index (χ1v) is 10.7. The number of nitrogens with two attached hydrogens (primary N) is 1. The number of rotatable bonds is 9. The van der Waals surface area contributed by atoms with Crippen molar-refractivity contribution in [1.29, 1.82) is 0 Å². The monoisotopic (exact) mass is 558 g/mol. The highest BCUT2D eigenvalue weighted by Crippen LogP contribution is 2.25. The van der Waals surface area contributed by atoms with Crippen LogP contribution in [0, 0.1) is 5.92 Å². The molecule has 0 aliphatic carbocycles. The van der Waals surface area contributed by atoms with E-state index in [1.54, 1.807) is 0 Å². The minimum absolute atomic E-state index is 0. The first-order chi connectivity index (χ1) is 13.4. The van der Waals surface area contributed by atoms with E-state index < -0.39 is 0 Å². The molecule has 4 N–H and O–H groups in total. The Morgan fingerprint density at radius 1 is 1.28 bits per heavy atom. The number of nitrogens with zero attached hydrogens (tertiary/aromatic N) is 3. The Balaban J connectivity index is 0.00000420. The topological polar surface area (TPSA) is 87.7 Å². The summed E-state index contributed by atoms with van der Waals surface area (Å²) in [5.41, 5.74) is 6.35. The molecule has 2 rings (SSSR count). The lowest BCUT2D eigenvalue weighted by Crippen LogP contribution is -2.39. The normalized spacial score (nSPS) is 15.8. The van der Waals surface area contributed by atoms with Crippen LogP contribution in [-0.2, 0) is 18.4 Å². The summed E-state index contributed by atoms with van der Waals surface area (Å²) in [4.78, 5) is 18.3. The Labute approximate surface area is 200 Å². The van der Waals surface area contributed by atoms with Crippen molar-refractivity contribution in [3.63, 3.8) is 0 Å². The lowest BCUT2D eigenvalue weighted by Gasteiger charge is -2.30. The third-order valence-electron chi connectivity index (χ3n) is 5.14. The van der Waals surface area contributed by atoms with Gasteiger partial charge < -0.3 is 25.8 Å². The third-order valence-corrected chi connectivity index (χ3v) is 5.98. The summed E-state index contributed by atoms with van der Waals surface area (Å²) in [6, 6.07) is 1.85. The molecule has 166 valence electrons. The minimum Gasteiger partial charge on any atom is -0.369 e. The average molecular weight is 559 g/mol. The second-order valence-corrected chi connectivity index (χ2v) is 7.95. The number of carbonyl (C=O) groups excluding carboxylic acids is 1. The number of halogens is 3. The second kappa shape index (κ2) is 13.6. The van der Waals surface area contributed by atoms with E-state index in [9.17, 15) is 4.79 Å². The standard InChI is InChI=1S/C19H32Cl2N6O.HI/c1-3-23-19(25-13-15-12-16(20)17(21)26(15)2)24-8-4-5-9-27-10-6-14(7-11-27)18(22)28;/h12,14H,3-11,13H2,1-2H3,(H2,22,28)(H2,23,24,25);1H. The van der Waals surface area contributed by atoms with Gasteiger partial charge in [-0.2, -0.15) is 0 Å². The second-order valence-electron chi connectivity index (χ2n) is 7.18. The van der Waals surface area contributed by atoms with Gasteiger partial charge in [0.1, 0.15) is 5.15 Å². The van der Waals surface area contributed by atoms with Crippen molar-refractivity contribution in [1.82, 2.24) is 20.1 Å². The van der Waals surface area contributed by atoms with Gasteiger partial charge in [0, 0.05) is 31.7 Å². The number of likely N-dealkylation sites (tertiary alicyclic amines) is 1. The maximum atomic E-state index is 11.2. The van der Waals surface area contributed by atoms with Gasteiger partial charge in [0.05, 0.1) is 11.6 Å². The Hall–Kier alpha value is -0.710. The molecule has 1 aromatic heterocycles. The molecular formula is C19H33Cl2IN6O. The molecule has 0 atom stereocenters. The van der Waals surface area contributed by atoms with Crippen molar-refractivity contribution in [2.24, 2.45) is 23.7 Å². The number of carbonyl (C=O) groups is 1. The Kier molecular flexibility index (Phi) is 12.3. The first-order valence-electron chi connectivity index (χ1n) is 9.95. The fraction of sp³-hybridized carbons (Fsp3) is 0.684. The molecule has 1 saturated heterocycles. The molecule has 0 unspecified atom stereocenters. The summed E-state index contributed by atoms with van der Waals surface area (Å²) in [6.45, 7) is 7.20. The van der Waals surface area contributed by atoms with E-state index in [0.29, 0.717) is 16.7 Å². The van der Waals surface area contributed by atoms with Crippen molar-refractivity contribution in [3.05, 3.63) is 21.9 Å². The van der Waals surface area contributed by atoms with Crippen LogP contribution in [0.1, 0.15) is 38.3 Å². The zero-order chi connectivity index (χ0) is 20.5. The van der Waals surface area contributed by atoms with E-state index in [0.717, 1.165) is 70.1 Å². The van der Waals surface area contributed by atoms with Crippen LogP contribution >= 0.6 is 47.2 Å². The van der Waals surface area contributed by atoms with Crippen molar-refractivity contribution in [3.8, 4) is 0 Å². The fourth-order valence-corrected chi connectivity index (χ4v) is 3.77. The van der Waals surface area contributed by atoms with Crippen molar-refractivity contribution < 1.29 is 4.79 Å². The number of primary amides is 1. The van der Waals surface area contributed by atoms with Crippen LogP contribution < -0.4 is 16.4 Å². The van der Waals surface area contributed by atoms with Crippen LogP contribution in [0.15, 0.2) is 11.1 Å². The number of aliphatic imine (C=N–C) groups is 1. The zero-order valence-electron chi connectivity index (χ0n) is 17.2. The van der Waals surface area contributed by atoms with E-state index in [-0.39, 0.29) is 35.8 Å². The fourth-order valence-electron chi connectivity index (χ4n) is 3.35. The summed E-state index contributed by atoms with van der Waals surface area (Å²) in [5, 5.41) is 7.71. The van der Waals surface area contributed by atoms with E-state index in [2.05, 4.69) is 20.5 Å². The van der Waals surface area contributed by atoms with Crippen molar-refractivity contribution in [2.45, 2.75) is 39.2 Å². The third kappa shape index (κ3) is 8.51. The van der Waals surface area contributed by atoms with Gasteiger partial charge in [-0.1, -0.05) is 23.2 Å². The minimum atomic E-state index is -0.154. The summed E-state index contributed by atoms with van der Waals surface area (Å²) in [5.74, 6) is 0.697. The molecule has 1 aromatic rings. The molecule has 10 heteroatoms. The number of guanidine groups is 1. The van der Waals surface area contributed by atoms with Crippen molar-refractivity contribution >= 4 is 59.0 Å². The van der Waals surface area contributed by atoms with Crippen molar-refractivity contribution in [2.75, 3.05) is 32.7 Å². The maximum absolute atomic E-state index is 11.2. The molecule has 1 aliphatic heterocycles.